The van der Waals surface area contributed by atoms with E-state index in [4.69, 9.17) is 0 Å². The number of halogens is 8. The van der Waals surface area contributed by atoms with Crippen molar-refractivity contribution in [3.05, 3.63) is 142 Å². The van der Waals surface area contributed by atoms with Crippen LogP contribution in [0.3, 0.4) is 0 Å². The molecule has 4 unspecified atom stereocenters. The summed E-state index contributed by atoms with van der Waals surface area (Å²) in [5.74, 6) is -6.29. The Bertz CT molecular complexity index is 1410. The van der Waals surface area contributed by atoms with Crippen LogP contribution >= 0.6 is 0 Å². The molecule has 42 heavy (non-hydrogen) atoms. The van der Waals surface area contributed by atoms with Gasteiger partial charge in [0, 0.05) is 0 Å². The molecular weight excluding hydrogens is 572 g/mol. The number of carbonyl (C=O) groups is 1. The van der Waals surface area contributed by atoms with Crippen molar-refractivity contribution < 1.29 is 50.1 Å². The van der Waals surface area contributed by atoms with Gasteiger partial charge in [-0.1, -0.05) is 60.7 Å². The van der Waals surface area contributed by atoms with E-state index in [1.165, 1.54) is 0 Å². The number of aliphatic hydroxyl groups is 2. The summed E-state index contributed by atoms with van der Waals surface area (Å²) >= 11 is 0. The summed E-state index contributed by atoms with van der Waals surface area (Å²) < 4.78 is 109. The second kappa shape index (κ2) is 12.0. The van der Waals surface area contributed by atoms with E-state index in [0.29, 0.717) is 12.1 Å². The monoisotopic (exact) mass is 594 g/mol. The van der Waals surface area contributed by atoms with E-state index < -0.39 is 64.9 Å². The first-order valence-corrected chi connectivity index (χ1v) is 12.4. The Labute approximate surface area is 234 Å². The average Bonchev–Trinajstić information content (AvgIpc) is 2.93. The molecule has 2 N–H and O–H groups in total. The lowest BCUT2D eigenvalue weighted by Gasteiger charge is -2.30. The minimum Gasteiger partial charge on any atom is -0.387 e. The van der Waals surface area contributed by atoms with Crippen molar-refractivity contribution in [2.45, 2.75) is 36.4 Å². The van der Waals surface area contributed by atoms with Crippen LogP contribution in [0.1, 0.15) is 57.4 Å². The number of rotatable bonds is 8. The maximum Gasteiger partial charge on any atom is 0.416 e. The molecule has 4 rings (SSSR count). The number of aliphatic hydroxyl groups excluding tert-OH is 2. The van der Waals surface area contributed by atoms with Gasteiger partial charge in [-0.15, -0.1) is 0 Å². The summed E-state index contributed by atoms with van der Waals surface area (Å²) in [6.45, 7) is 0. The van der Waals surface area contributed by atoms with Crippen LogP contribution in [0, 0.1) is 11.6 Å². The number of hydrogen-bond acceptors (Lipinski definition) is 3. The maximum atomic E-state index is 14.3. The summed E-state index contributed by atoms with van der Waals surface area (Å²) in [6, 6.07) is 15.1. The predicted molar refractivity (Wildman–Crippen MR) is 136 cm³/mol. The number of Topliss-reactive ketones (excluding diaryl/α,β-unsaturated/α-hetero) is 1. The van der Waals surface area contributed by atoms with Crippen molar-refractivity contribution in [2.75, 3.05) is 0 Å². The highest BCUT2D eigenvalue weighted by molar-refractivity contribution is 5.93. The zero-order chi connectivity index (χ0) is 30.8. The van der Waals surface area contributed by atoms with E-state index in [0.717, 1.165) is 84.9 Å². The molecule has 11 heteroatoms. The molecule has 0 amide bonds. The van der Waals surface area contributed by atoms with Gasteiger partial charge in [-0.2, -0.15) is 26.3 Å². The second-order valence-corrected chi connectivity index (χ2v) is 9.60. The Balaban J connectivity index is 1.93. The SMILES string of the molecule is O=C(C(c1cccc(C(F)(F)F)c1)C(O)c1ccc(F)cc1)C(c1cccc(C(F)(F)F)c1)C(O)c1ccc(F)cc1. The highest BCUT2D eigenvalue weighted by atomic mass is 19.4. The summed E-state index contributed by atoms with van der Waals surface area (Å²) in [5, 5.41) is 22.6. The topological polar surface area (TPSA) is 57.5 Å². The molecule has 0 spiro atoms. The predicted octanol–water partition coefficient (Wildman–Crippen LogP) is 7.91. The van der Waals surface area contributed by atoms with Gasteiger partial charge in [0.15, 0.2) is 5.78 Å². The minimum atomic E-state index is -4.85. The lowest BCUT2D eigenvalue weighted by Crippen LogP contribution is -2.30. The van der Waals surface area contributed by atoms with Crippen LogP contribution in [0.25, 0.3) is 0 Å². The van der Waals surface area contributed by atoms with Gasteiger partial charge in [-0.25, -0.2) is 8.78 Å². The highest BCUT2D eigenvalue weighted by Gasteiger charge is 2.41. The van der Waals surface area contributed by atoms with Gasteiger partial charge in [-0.05, 0) is 58.7 Å². The molecule has 0 saturated heterocycles. The molecule has 4 atom stereocenters. The second-order valence-electron chi connectivity index (χ2n) is 9.60. The molecule has 220 valence electrons. The van der Waals surface area contributed by atoms with Crippen molar-refractivity contribution in [2.24, 2.45) is 0 Å². The number of benzene rings is 4. The van der Waals surface area contributed by atoms with E-state index in [1.54, 1.807) is 0 Å². The van der Waals surface area contributed by atoms with Crippen LogP contribution in [0.2, 0.25) is 0 Å². The highest BCUT2D eigenvalue weighted by Crippen LogP contribution is 2.43. The summed E-state index contributed by atoms with van der Waals surface area (Å²) in [7, 11) is 0. The van der Waals surface area contributed by atoms with Gasteiger partial charge in [0.25, 0.3) is 0 Å². The molecular formula is C31H22F8O3. The first kappa shape index (κ1) is 30.9. The minimum absolute atomic E-state index is 0.0776. The van der Waals surface area contributed by atoms with E-state index in [9.17, 15) is 50.1 Å². The third-order valence-corrected chi connectivity index (χ3v) is 6.81. The van der Waals surface area contributed by atoms with Crippen LogP contribution in [0.15, 0.2) is 97.1 Å². The van der Waals surface area contributed by atoms with Crippen LogP contribution in [-0.4, -0.2) is 16.0 Å². The Morgan fingerprint density at radius 2 is 0.857 bits per heavy atom. The van der Waals surface area contributed by atoms with Crippen molar-refractivity contribution in [3.63, 3.8) is 0 Å². The summed E-state index contributed by atoms with van der Waals surface area (Å²) in [6.07, 6.45) is -13.5. The van der Waals surface area contributed by atoms with Crippen LogP contribution in [0.4, 0.5) is 35.1 Å². The Hall–Kier alpha value is -4.09. The summed E-state index contributed by atoms with van der Waals surface area (Å²) in [5.41, 5.74) is -3.19. The van der Waals surface area contributed by atoms with Gasteiger partial charge >= 0.3 is 12.4 Å². The van der Waals surface area contributed by atoms with Crippen molar-refractivity contribution >= 4 is 5.78 Å². The fourth-order valence-corrected chi connectivity index (χ4v) is 4.72. The van der Waals surface area contributed by atoms with Crippen LogP contribution < -0.4 is 0 Å². The molecule has 3 nitrogen and oxygen atoms in total. The molecule has 0 aliphatic heterocycles. The normalized spacial score (nSPS) is 15.1. The maximum absolute atomic E-state index is 14.3. The molecule has 0 bridgehead atoms. The first-order chi connectivity index (χ1) is 19.7. The summed E-state index contributed by atoms with van der Waals surface area (Å²) in [4.78, 5) is 14.3. The fourth-order valence-electron chi connectivity index (χ4n) is 4.72. The molecule has 0 saturated carbocycles. The quantitative estimate of drug-likeness (QED) is 0.204. The van der Waals surface area contributed by atoms with Crippen LogP contribution in [-0.2, 0) is 17.1 Å². The Morgan fingerprint density at radius 1 is 0.524 bits per heavy atom. The lowest BCUT2D eigenvalue weighted by atomic mass is 9.75. The molecule has 0 heterocycles. The van der Waals surface area contributed by atoms with Crippen LogP contribution in [0.5, 0.6) is 0 Å². The van der Waals surface area contributed by atoms with Crippen molar-refractivity contribution in [1.29, 1.82) is 0 Å². The molecule has 4 aromatic rings. The van der Waals surface area contributed by atoms with Crippen molar-refractivity contribution in [3.8, 4) is 0 Å². The molecule has 0 radical (unpaired) electrons. The lowest BCUT2D eigenvalue weighted by molar-refractivity contribution is -0.138. The van der Waals surface area contributed by atoms with Gasteiger partial charge < -0.3 is 10.2 Å². The van der Waals surface area contributed by atoms with E-state index in [-0.39, 0.29) is 22.3 Å². The number of hydrogen-bond donors (Lipinski definition) is 2. The van der Waals surface area contributed by atoms with Gasteiger partial charge in [-0.3, -0.25) is 4.79 Å². The fraction of sp³-hybridized carbons (Fsp3) is 0.194. The number of carbonyl (C=O) groups excluding carboxylic acids is 1. The van der Waals surface area contributed by atoms with Gasteiger partial charge in [0.1, 0.15) is 11.6 Å². The Kier molecular flexibility index (Phi) is 8.84. The standard InChI is InChI=1S/C31H22F8O3/c32-23-11-7-17(8-12-23)27(40)25(19-3-1-5-21(15-19)30(34,35)36)29(42)26(28(41)18-9-13-24(33)14-10-18)20-4-2-6-22(16-20)31(37,38)39/h1-16,25-28,40-41H. The zero-order valence-electron chi connectivity index (χ0n) is 21.4. The van der Waals surface area contributed by atoms with E-state index in [2.05, 4.69) is 0 Å². The third-order valence-electron chi connectivity index (χ3n) is 6.81. The molecule has 0 aliphatic carbocycles. The zero-order valence-corrected chi connectivity index (χ0v) is 21.4. The Morgan fingerprint density at radius 3 is 1.17 bits per heavy atom. The number of alkyl halides is 6. The first-order valence-electron chi connectivity index (χ1n) is 12.4. The molecule has 0 fully saturated rings. The van der Waals surface area contributed by atoms with E-state index in [1.807, 2.05) is 0 Å². The smallest absolute Gasteiger partial charge is 0.387 e. The van der Waals surface area contributed by atoms with Gasteiger partial charge in [0.2, 0.25) is 0 Å². The molecule has 4 aromatic carbocycles. The van der Waals surface area contributed by atoms with Gasteiger partial charge in [0.05, 0.1) is 35.2 Å². The molecule has 0 aromatic heterocycles. The van der Waals surface area contributed by atoms with Crippen molar-refractivity contribution in [1.82, 2.24) is 0 Å². The number of ketones is 1. The average molecular weight is 594 g/mol. The third kappa shape index (κ3) is 6.85. The largest absolute Gasteiger partial charge is 0.416 e. The van der Waals surface area contributed by atoms with E-state index >= 15 is 0 Å². The molecule has 0 aliphatic rings.